The minimum Gasteiger partial charge on any atom is -0.337 e. The van der Waals surface area contributed by atoms with Gasteiger partial charge >= 0.3 is 0 Å². The number of likely N-dealkylation sites (tertiary alicyclic amines) is 1. The third-order valence-electron chi connectivity index (χ3n) is 15.5. The molecule has 1 aliphatic rings. The molecule has 63 heavy (non-hydrogen) atoms. The summed E-state index contributed by atoms with van der Waals surface area (Å²) in [5.41, 5.74) is 0. The molecule has 1 fully saturated rings. The number of carbonyl (C=O) groups excluding carboxylic acids is 1. The summed E-state index contributed by atoms with van der Waals surface area (Å²) in [6.45, 7) is 14.3. The molecule has 0 N–H and O–H groups in total. The molecule has 0 aromatic carbocycles. The molecule has 0 spiro atoms. The largest absolute Gasteiger partial charge is 0.337 e. The van der Waals surface area contributed by atoms with E-state index in [-0.39, 0.29) is 0 Å². The Labute approximate surface area is 399 Å². The molecule has 0 unspecified atom stereocenters. The van der Waals surface area contributed by atoms with Gasteiger partial charge in [-0.25, -0.2) is 0 Å². The second kappa shape index (κ2) is 49.3. The predicted molar refractivity (Wildman–Crippen MR) is 284 cm³/mol. The second-order valence-corrected chi connectivity index (χ2v) is 21.6. The molecule has 0 radical (unpaired) electrons. The highest BCUT2D eigenvalue weighted by molar-refractivity contribution is 5.78. The van der Waals surface area contributed by atoms with Crippen molar-refractivity contribution in [1.29, 1.82) is 0 Å². The lowest BCUT2D eigenvalue weighted by Crippen LogP contribution is -2.53. The van der Waals surface area contributed by atoms with Crippen LogP contribution in [-0.4, -0.2) is 54.6 Å². The molecule has 0 aromatic heterocycles. The Kier molecular flexibility index (Phi) is 47.3. The van der Waals surface area contributed by atoms with Gasteiger partial charge in [0.05, 0.1) is 32.7 Å². The van der Waals surface area contributed by atoms with Gasteiger partial charge in [0, 0.05) is 13.0 Å². The molecular formula is C60H121N2O+. The van der Waals surface area contributed by atoms with Crippen molar-refractivity contribution in [3.63, 3.8) is 0 Å². The number of amides is 1. The van der Waals surface area contributed by atoms with E-state index in [0.29, 0.717) is 5.91 Å². The molecule has 1 heterocycles. The SMILES string of the molecule is CCCCCCCCCCCCCCCCCC[N+](CCCCCCCCCCCCCCCCCC)(CCCCCCCCCCCCCCCCCC)CCN1CCCC1=O. The van der Waals surface area contributed by atoms with Gasteiger partial charge in [0.15, 0.2) is 0 Å². The number of nitrogens with zero attached hydrogens (tertiary/aromatic N) is 2. The van der Waals surface area contributed by atoms with Crippen LogP contribution in [-0.2, 0) is 4.79 Å². The Bertz CT molecular complexity index is 799. The van der Waals surface area contributed by atoms with Gasteiger partial charge < -0.3 is 9.38 Å². The van der Waals surface area contributed by atoms with Crippen molar-refractivity contribution in [3.05, 3.63) is 0 Å². The maximum atomic E-state index is 12.8. The summed E-state index contributed by atoms with van der Waals surface area (Å²) in [6, 6.07) is 0. The lowest BCUT2D eigenvalue weighted by Gasteiger charge is -2.40. The van der Waals surface area contributed by atoms with Crippen LogP contribution in [0.2, 0.25) is 0 Å². The number of unbranched alkanes of at least 4 members (excludes halogenated alkanes) is 45. The van der Waals surface area contributed by atoms with Crippen LogP contribution in [0.15, 0.2) is 0 Å². The summed E-state index contributed by atoms with van der Waals surface area (Å²) in [5.74, 6) is 0.431. The number of hydrogen-bond acceptors (Lipinski definition) is 1. The molecule has 0 aromatic rings. The van der Waals surface area contributed by atoms with E-state index in [4.69, 9.17) is 0 Å². The van der Waals surface area contributed by atoms with Gasteiger partial charge in [-0.2, -0.15) is 0 Å². The van der Waals surface area contributed by atoms with Gasteiger partial charge in [-0.3, -0.25) is 4.79 Å². The Morgan fingerprint density at radius 2 is 0.508 bits per heavy atom. The monoisotopic (exact) mass is 886 g/mol. The molecule has 1 rings (SSSR count). The first kappa shape index (κ1) is 60.4. The van der Waals surface area contributed by atoms with Crippen LogP contribution in [0.1, 0.15) is 342 Å². The summed E-state index contributed by atoms with van der Waals surface area (Å²) < 4.78 is 1.31. The van der Waals surface area contributed by atoms with Crippen LogP contribution in [0.25, 0.3) is 0 Å². The summed E-state index contributed by atoms with van der Waals surface area (Å²) in [6.07, 6.45) is 71.2. The van der Waals surface area contributed by atoms with Crippen LogP contribution in [0.5, 0.6) is 0 Å². The summed E-state index contributed by atoms with van der Waals surface area (Å²) in [7, 11) is 0. The number of hydrogen-bond donors (Lipinski definition) is 0. The normalized spacial score (nSPS) is 13.3. The van der Waals surface area contributed by atoms with Crippen LogP contribution in [0.3, 0.4) is 0 Å². The highest BCUT2D eigenvalue weighted by Gasteiger charge is 2.29. The van der Waals surface area contributed by atoms with Gasteiger partial charge in [0.1, 0.15) is 0 Å². The first-order chi connectivity index (χ1) is 31.2. The number of quaternary nitrogens is 1. The van der Waals surface area contributed by atoms with Crippen molar-refractivity contribution in [2.45, 2.75) is 342 Å². The standard InChI is InChI=1S/C60H121N2O/c1-4-7-10-13-16-19-22-25-28-31-34-37-40-43-46-49-56-62(59-55-61-54-52-53-60(61)63,57-50-47-44-41-38-35-32-29-26-23-20-17-14-11-8-5-2)58-51-48-45-42-39-36-33-30-27-24-21-18-15-12-9-6-3/h4-59H2,1-3H3/q+1. The molecule has 376 valence electrons. The van der Waals surface area contributed by atoms with Crippen molar-refractivity contribution >= 4 is 5.91 Å². The maximum Gasteiger partial charge on any atom is 0.222 e. The zero-order valence-corrected chi connectivity index (χ0v) is 44.4. The topological polar surface area (TPSA) is 20.3 Å². The van der Waals surface area contributed by atoms with Crippen LogP contribution in [0.4, 0.5) is 0 Å². The molecular weight excluding hydrogens is 765 g/mol. The minimum atomic E-state index is 0.431. The van der Waals surface area contributed by atoms with E-state index in [1.807, 2.05) is 0 Å². The molecule has 0 aliphatic carbocycles. The quantitative estimate of drug-likeness (QED) is 0.0440. The van der Waals surface area contributed by atoms with E-state index < -0.39 is 0 Å². The smallest absolute Gasteiger partial charge is 0.222 e. The molecule has 3 heteroatoms. The number of carbonyl (C=O) groups is 1. The van der Waals surface area contributed by atoms with Crippen molar-refractivity contribution in [1.82, 2.24) is 4.90 Å². The van der Waals surface area contributed by atoms with Gasteiger partial charge in [0.25, 0.3) is 0 Å². The van der Waals surface area contributed by atoms with E-state index in [1.54, 1.807) is 0 Å². The van der Waals surface area contributed by atoms with Gasteiger partial charge in [-0.05, 0) is 44.9 Å². The van der Waals surface area contributed by atoms with Crippen molar-refractivity contribution in [3.8, 4) is 0 Å². The highest BCUT2D eigenvalue weighted by atomic mass is 16.2. The predicted octanol–water partition coefficient (Wildman–Crippen LogP) is 20.2. The highest BCUT2D eigenvalue weighted by Crippen LogP contribution is 2.22. The average molecular weight is 887 g/mol. The second-order valence-electron chi connectivity index (χ2n) is 21.6. The fourth-order valence-corrected chi connectivity index (χ4v) is 10.9. The van der Waals surface area contributed by atoms with Crippen LogP contribution < -0.4 is 0 Å². The molecule has 1 aliphatic heterocycles. The molecule has 0 atom stereocenters. The van der Waals surface area contributed by atoms with Gasteiger partial charge in [-0.15, -0.1) is 0 Å². The third-order valence-corrected chi connectivity index (χ3v) is 15.5. The Morgan fingerprint density at radius 1 is 0.302 bits per heavy atom. The zero-order valence-electron chi connectivity index (χ0n) is 44.4. The molecule has 0 bridgehead atoms. The van der Waals surface area contributed by atoms with Crippen LogP contribution in [0, 0.1) is 0 Å². The Morgan fingerprint density at radius 3 is 0.698 bits per heavy atom. The lowest BCUT2D eigenvalue weighted by molar-refractivity contribution is -0.928. The molecule has 3 nitrogen and oxygen atoms in total. The first-order valence-corrected chi connectivity index (χ1v) is 30.3. The van der Waals surface area contributed by atoms with E-state index in [1.165, 1.54) is 339 Å². The van der Waals surface area contributed by atoms with Crippen LogP contribution >= 0.6 is 0 Å². The fourth-order valence-electron chi connectivity index (χ4n) is 10.9. The number of rotatable bonds is 54. The lowest BCUT2D eigenvalue weighted by atomic mass is 10.0. The van der Waals surface area contributed by atoms with E-state index in [0.717, 1.165) is 25.9 Å². The van der Waals surface area contributed by atoms with E-state index in [9.17, 15) is 4.79 Å². The summed E-state index contributed by atoms with van der Waals surface area (Å²) in [5, 5.41) is 0. The molecule has 1 saturated heterocycles. The fraction of sp³-hybridized carbons (Fsp3) is 0.983. The first-order valence-electron chi connectivity index (χ1n) is 30.3. The van der Waals surface area contributed by atoms with Crippen molar-refractivity contribution in [2.75, 3.05) is 39.3 Å². The van der Waals surface area contributed by atoms with E-state index >= 15 is 0 Å². The molecule has 0 saturated carbocycles. The maximum absolute atomic E-state index is 12.8. The van der Waals surface area contributed by atoms with E-state index in [2.05, 4.69) is 25.7 Å². The average Bonchev–Trinajstić information content (AvgIpc) is 3.71. The zero-order chi connectivity index (χ0) is 45.3. The minimum absolute atomic E-state index is 0.431. The van der Waals surface area contributed by atoms with Gasteiger partial charge in [-0.1, -0.05) is 290 Å². The third kappa shape index (κ3) is 41.4. The molecule has 1 amide bonds. The van der Waals surface area contributed by atoms with Gasteiger partial charge in [0.2, 0.25) is 5.91 Å². The van der Waals surface area contributed by atoms with Crippen molar-refractivity contribution < 1.29 is 9.28 Å². The summed E-state index contributed by atoms with van der Waals surface area (Å²) >= 11 is 0. The van der Waals surface area contributed by atoms with Crippen molar-refractivity contribution in [2.24, 2.45) is 0 Å². The Hall–Kier alpha value is -0.570. The Balaban J connectivity index is 2.47. The summed E-state index contributed by atoms with van der Waals surface area (Å²) in [4.78, 5) is 15.0.